The van der Waals surface area contributed by atoms with Crippen molar-refractivity contribution in [1.82, 2.24) is 5.43 Å². The molecule has 0 unspecified atom stereocenters. The molecule has 3 aromatic carbocycles. The SMILES string of the molecule is O=C1NN(c2ccccc2)C(=O)C1=Cc1cccc(OCc2c(Cl)cccc2Cl)c1. The Morgan fingerprint density at radius 2 is 1.60 bits per heavy atom. The van der Waals surface area contributed by atoms with Gasteiger partial charge in [-0.3, -0.25) is 15.0 Å². The molecule has 30 heavy (non-hydrogen) atoms. The van der Waals surface area contributed by atoms with Crippen LogP contribution in [0.3, 0.4) is 0 Å². The second-order valence-corrected chi connectivity index (χ2v) is 7.35. The highest BCUT2D eigenvalue weighted by atomic mass is 35.5. The van der Waals surface area contributed by atoms with Gasteiger partial charge >= 0.3 is 0 Å². The number of hydrogen-bond acceptors (Lipinski definition) is 3. The monoisotopic (exact) mass is 438 g/mol. The van der Waals surface area contributed by atoms with E-state index in [9.17, 15) is 9.59 Å². The van der Waals surface area contributed by atoms with Crippen molar-refractivity contribution < 1.29 is 14.3 Å². The summed E-state index contributed by atoms with van der Waals surface area (Å²) in [6.07, 6.45) is 1.54. The van der Waals surface area contributed by atoms with Crippen LogP contribution in [-0.2, 0) is 16.2 Å². The minimum Gasteiger partial charge on any atom is -0.489 e. The quantitative estimate of drug-likeness (QED) is 0.448. The number of para-hydroxylation sites is 1. The van der Waals surface area contributed by atoms with Gasteiger partial charge in [0.2, 0.25) is 0 Å². The molecule has 1 N–H and O–H groups in total. The number of carbonyl (C=O) groups excluding carboxylic acids is 2. The van der Waals surface area contributed by atoms with Crippen molar-refractivity contribution in [2.24, 2.45) is 0 Å². The molecule has 1 heterocycles. The smallest absolute Gasteiger partial charge is 0.282 e. The Bertz CT molecular complexity index is 1130. The van der Waals surface area contributed by atoms with Crippen LogP contribution < -0.4 is 15.2 Å². The van der Waals surface area contributed by atoms with Crippen molar-refractivity contribution >= 4 is 46.8 Å². The topological polar surface area (TPSA) is 58.6 Å². The van der Waals surface area contributed by atoms with Crippen LogP contribution in [0.15, 0.2) is 78.4 Å². The Morgan fingerprint density at radius 1 is 0.900 bits per heavy atom. The maximum absolute atomic E-state index is 12.7. The summed E-state index contributed by atoms with van der Waals surface area (Å²) in [5, 5.41) is 2.28. The number of rotatable bonds is 5. The van der Waals surface area contributed by atoms with Crippen molar-refractivity contribution in [2.75, 3.05) is 5.01 Å². The summed E-state index contributed by atoms with van der Waals surface area (Å²) in [5.74, 6) is -0.315. The zero-order valence-corrected chi connectivity index (χ0v) is 17.2. The molecule has 0 aliphatic carbocycles. The van der Waals surface area contributed by atoms with Gasteiger partial charge in [0.1, 0.15) is 17.9 Å². The third kappa shape index (κ3) is 4.17. The number of hydrogen-bond donors (Lipinski definition) is 1. The number of amides is 2. The van der Waals surface area contributed by atoms with Crippen LogP contribution in [0.25, 0.3) is 6.08 Å². The van der Waals surface area contributed by atoms with Gasteiger partial charge in [0, 0.05) is 15.6 Å². The Morgan fingerprint density at radius 3 is 2.33 bits per heavy atom. The number of halogens is 2. The fraction of sp³-hybridized carbons (Fsp3) is 0.0435. The zero-order chi connectivity index (χ0) is 21.1. The minimum atomic E-state index is -0.460. The summed E-state index contributed by atoms with van der Waals surface area (Å²) in [5.41, 5.74) is 4.56. The average Bonchev–Trinajstić information content (AvgIpc) is 3.03. The first-order chi connectivity index (χ1) is 14.5. The lowest BCUT2D eigenvalue weighted by atomic mass is 10.1. The maximum atomic E-state index is 12.7. The van der Waals surface area contributed by atoms with Gasteiger partial charge < -0.3 is 4.74 Å². The standard InChI is InChI=1S/C23H16Cl2N2O3/c24-20-10-5-11-21(25)19(20)14-30-17-9-4-6-15(12-17)13-18-22(28)26-27(23(18)29)16-7-2-1-3-8-16/h1-13H,14H2,(H,26,28). The molecule has 0 spiro atoms. The molecule has 1 aliphatic heterocycles. The molecule has 5 nitrogen and oxygen atoms in total. The highest BCUT2D eigenvalue weighted by Gasteiger charge is 2.34. The summed E-state index contributed by atoms with van der Waals surface area (Å²) in [4.78, 5) is 25.0. The number of nitrogens with zero attached hydrogens (tertiary/aromatic N) is 1. The third-order valence-electron chi connectivity index (χ3n) is 4.52. The summed E-state index contributed by atoms with van der Waals surface area (Å²) >= 11 is 12.4. The molecule has 0 aromatic heterocycles. The van der Waals surface area contributed by atoms with Crippen LogP contribution in [0.1, 0.15) is 11.1 Å². The molecule has 3 aromatic rings. The van der Waals surface area contributed by atoms with Gasteiger partial charge in [0.15, 0.2) is 0 Å². The molecule has 1 fully saturated rings. The van der Waals surface area contributed by atoms with Crippen LogP contribution in [0.5, 0.6) is 5.75 Å². The molecule has 0 radical (unpaired) electrons. The molecule has 0 atom stereocenters. The van der Waals surface area contributed by atoms with Crippen molar-refractivity contribution in [3.8, 4) is 5.75 Å². The van der Waals surface area contributed by atoms with Crippen molar-refractivity contribution in [3.63, 3.8) is 0 Å². The number of hydrazine groups is 1. The predicted octanol–water partition coefficient (Wildman–Crippen LogP) is 5.03. The molecule has 1 saturated heterocycles. The maximum Gasteiger partial charge on any atom is 0.282 e. The fourth-order valence-corrected chi connectivity index (χ4v) is 3.51. The van der Waals surface area contributed by atoms with Crippen LogP contribution in [0.4, 0.5) is 5.69 Å². The average molecular weight is 439 g/mol. The first-order valence-corrected chi connectivity index (χ1v) is 9.86. The number of nitrogens with one attached hydrogen (secondary N) is 1. The molecule has 4 rings (SSSR count). The van der Waals surface area contributed by atoms with Crippen molar-refractivity contribution in [2.45, 2.75) is 6.61 Å². The van der Waals surface area contributed by atoms with E-state index < -0.39 is 11.8 Å². The molecule has 150 valence electrons. The molecular weight excluding hydrogens is 423 g/mol. The van der Waals surface area contributed by atoms with Crippen molar-refractivity contribution in [3.05, 3.63) is 99.5 Å². The Balaban J connectivity index is 1.53. The van der Waals surface area contributed by atoms with Gasteiger partial charge in [-0.05, 0) is 48.0 Å². The highest BCUT2D eigenvalue weighted by molar-refractivity contribution is 6.36. The molecule has 0 bridgehead atoms. The lowest BCUT2D eigenvalue weighted by Crippen LogP contribution is -2.35. The van der Waals surface area contributed by atoms with Crippen LogP contribution in [0.2, 0.25) is 10.0 Å². The van der Waals surface area contributed by atoms with E-state index >= 15 is 0 Å². The van der Waals surface area contributed by atoms with Gasteiger partial charge in [0.25, 0.3) is 11.8 Å². The lowest BCUT2D eigenvalue weighted by molar-refractivity contribution is -0.117. The second-order valence-electron chi connectivity index (χ2n) is 6.54. The Hall–Kier alpha value is -3.28. The number of benzene rings is 3. The molecule has 1 aliphatic rings. The number of anilines is 1. The molecule has 7 heteroatoms. The van der Waals surface area contributed by atoms with E-state index in [1.165, 1.54) is 11.1 Å². The molecule has 0 saturated carbocycles. The Kier molecular flexibility index (Phi) is 5.74. The lowest BCUT2D eigenvalue weighted by Gasteiger charge is -2.13. The van der Waals surface area contributed by atoms with Gasteiger partial charge in [-0.2, -0.15) is 0 Å². The van der Waals surface area contributed by atoms with Gasteiger partial charge in [-0.25, -0.2) is 5.01 Å². The van der Waals surface area contributed by atoms with E-state index in [2.05, 4.69) is 5.43 Å². The minimum absolute atomic E-state index is 0.0464. The van der Waals surface area contributed by atoms with Gasteiger partial charge in [0.05, 0.1) is 5.69 Å². The summed E-state index contributed by atoms with van der Waals surface area (Å²) in [6.45, 7) is 0.194. The van der Waals surface area contributed by atoms with E-state index in [-0.39, 0.29) is 12.2 Å². The van der Waals surface area contributed by atoms with E-state index in [4.69, 9.17) is 27.9 Å². The normalized spacial score (nSPS) is 14.9. The van der Waals surface area contributed by atoms with E-state index in [1.807, 2.05) is 6.07 Å². The van der Waals surface area contributed by atoms with Crippen LogP contribution >= 0.6 is 23.2 Å². The summed E-state index contributed by atoms with van der Waals surface area (Å²) < 4.78 is 5.81. The second kappa shape index (κ2) is 8.61. The van der Waals surface area contributed by atoms with Gasteiger partial charge in [-0.15, -0.1) is 0 Å². The van der Waals surface area contributed by atoms with Gasteiger partial charge in [-0.1, -0.05) is 59.6 Å². The van der Waals surface area contributed by atoms with E-state index in [0.29, 0.717) is 32.6 Å². The predicted molar refractivity (Wildman–Crippen MR) is 117 cm³/mol. The summed E-state index contributed by atoms with van der Waals surface area (Å²) in [6, 6.07) is 21.3. The summed E-state index contributed by atoms with van der Waals surface area (Å²) in [7, 11) is 0. The Labute approximate surface area is 183 Å². The first-order valence-electron chi connectivity index (χ1n) is 9.11. The number of ether oxygens (including phenoxy) is 1. The fourth-order valence-electron chi connectivity index (χ4n) is 3.00. The van der Waals surface area contributed by atoms with E-state index in [1.54, 1.807) is 66.7 Å². The largest absolute Gasteiger partial charge is 0.489 e. The molecular formula is C23H16Cl2N2O3. The third-order valence-corrected chi connectivity index (χ3v) is 5.23. The zero-order valence-electron chi connectivity index (χ0n) is 15.6. The van der Waals surface area contributed by atoms with Crippen LogP contribution in [0, 0.1) is 0 Å². The molecule has 2 amide bonds. The van der Waals surface area contributed by atoms with Crippen molar-refractivity contribution in [1.29, 1.82) is 0 Å². The number of carbonyl (C=O) groups is 2. The highest BCUT2D eigenvalue weighted by Crippen LogP contribution is 2.27. The van der Waals surface area contributed by atoms with E-state index in [0.717, 1.165) is 0 Å². The van der Waals surface area contributed by atoms with Crippen LogP contribution in [-0.4, -0.2) is 11.8 Å². The first kappa shape index (κ1) is 20.0.